The van der Waals surface area contributed by atoms with Gasteiger partial charge in [0.1, 0.15) is 18.7 Å². The first-order valence-corrected chi connectivity index (χ1v) is 12.8. The van der Waals surface area contributed by atoms with E-state index in [0.717, 1.165) is 0 Å². The third kappa shape index (κ3) is 10.5. The minimum atomic E-state index is -1.74. The van der Waals surface area contributed by atoms with Crippen LogP contribution in [-0.4, -0.2) is 63.9 Å². The van der Waals surface area contributed by atoms with Gasteiger partial charge in [-0.3, -0.25) is 24.2 Å². The summed E-state index contributed by atoms with van der Waals surface area (Å²) in [4.78, 5) is 50.6. The summed E-state index contributed by atoms with van der Waals surface area (Å²) in [5.74, 6) is -2.97. The molecule has 0 aromatic heterocycles. The fourth-order valence-electron chi connectivity index (χ4n) is 3.37. The zero-order chi connectivity index (χ0) is 26.9. The Labute approximate surface area is 222 Å². The summed E-state index contributed by atoms with van der Waals surface area (Å²) >= 11 is 16.8. The normalized spacial score (nSPS) is 20.2. The Morgan fingerprint density at radius 1 is 1.14 bits per heavy atom. The van der Waals surface area contributed by atoms with Crippen LogP contribution in [0, 0.1) is 17.8 Å². The van der Waals surface area contributed by atoms with Crippen molar-refractivity contribution in [2.45, 2.75) is 76.4 Å². The van der Waals surface area contributed by atoms with E-state index < -0.39 is 58.3 Å². The zero-order valence-electron chi connectivity index (χ0n) is 21.0. The lowest BCUT2D eigenvalue weighted by Gasteiger charge is -2.34. The number of nitrogens with zero attached hydrogens (tertiary/aromatic N) is 1. The highest BCUT2D eigenvalue weighted by Crippen LogP contribution is 2.26. The van der Waals surface area contributed by atoms with Gasteiger partial charge in [0, 0.05) is 6.54 Å². The van der Waals surface area contributed by atoms with Gasteiger partial charge >= 0.3 is 11.9 Å². The van der Waals surface area contributed by atoms with Gasteiger partial charge in [-0.25, -0.2) is 5.43 Å². The second kappa shape index (κ2) is 14.3. The van der Waals surface area contributed by atoms with Crippen molar-refractivity contribution < 1.29 is 28.7 Å². The van der Waals surface area contributed by atoms with Gasteiger partial charge in [0.15, 0.2) is 6.10 Å². The maximum Gasteiger partial charge on any atom is 0.325 e. The van der Waals surface area contributed by atoms with Gasteiger partial charge in [-0.1, -0.05) is 74.6 Å². The van der Waals surface area contributed by atoms with Crippen LogP contribution in [0.2, 0.25) is 0 Å². The lowest BCUT2D eigenvalue weighted by Crippen LogP contribution is -2.60. The van der Waals surface area contributed by atoms with Crippen LogP contribution in [0.4, 0.5) is 0 Å². The number of rotatable bonds is 10. The fourth-order valence-corrected chi connectivity index (χ4v) is 3.53. The second-order valence-electron chi connectivity index (χ2n) is 9.04. The summed E-state index contributed by atoms with van der Waals surface area (Å²) in [6.07, 6.45) is 3.65. The molecule has 0 aromatic carbocycles. The summed E-state index contributed by atoms with van der Waals surface area (Å²) in [7, 11) is 0. The van der Waals surface area contributed by atoms with Crippen molar-refractivity contribution in [3.63, 3.8) is 0 Å². The van der Waals surface area contributed by atoms with E-state index in [-0.39, 0.29) is 11.8 Å². The molecule has 0 aliphatic carbocycles. The lowest BCUT2D eigenvalue weighted by atomic mass is 9.95. The smallest absolute Gasteiger partial charge is 0.325 e. The Morgan fingerprint density at radius 2 is 1.77 bits per heavy atom. The van der Waals surface area contributed by atoms with E-state index in [4.69, 9.17) is 44.3 Å². The molecule has 9 nitrogen and oxygen atoms in total. The van der Waals surface area contributed by atoms with Crippen LogP contribution < -0.4 is 10.7 Å². The highest BCUT2D eigenvalue weighted by atomic mass is 35.6. The molecule has 35 heavy (non-hydrogen) atoms. The molecule has 0 radical (unpaired) electrons. The maximum absolute atomic E-state index is 12.9. The van der Waals surface area contributed by atoms with E-state index in [1.165, 1.54) is 11.9 Å². The van der Waals surface area contributed by atoms with E-state index in [9.17, 15) is 19.2 Å². The van der Waals surface area contributed by atoms with E-state index in [1.807, 2.05) is 26.0 Å². The van der Waals surface area contributed by atoms with Gasteiger partial charge in [-0.15, -0.1) is 0 Å². The van der Waals surface area contributed by atoms with Crippen LogP contribution in [0.25, 0.3) is 0 Å². The topological polar surface area (TPSA) is 114 Å². The van der Waals surface area contributed by atoms with Crippen molar-refractivity contribution in [2.75, 3.05) is 13.2 Å². The minimum absolute atomic E-state index is 0.0524. The molecule has 12 heteroatoms. The van der Waals surface area contributed by atoms with Crippen molar-refractivity contribution >= 4 is 58.6 Å². The molecule has 0 aromatic rings. The number of nitrogens with one attached hydrogen (secondary N) is 2. The van der Waals surface area contributed by atoms with E-state index in [1.54, 1.807) is 20.8 Å². The number of carbonyl (C=O) groups is 4. The Balaban J connectivity index is 2.74. The Morgan fingerprint density at radius 3 is 2.31 bits per heavy atom. The molecule has 2 N–H and O–H groups in total. The number of esters is 2. The van der Waals surface area contributed by atoms with Crippen molar-refractivity contribution in [3.05, 3.63) is 12.2 Å². The summed E-state index contributed by atoms with van der Waals surface area (Å²) in [6.45, 7) is 10.4. The molecule has 1 saturated heterocycles. The molecule has 2 amide bonds. The number of hydrogen-bond acceptors (Lipinski definition) is 7. The summed E-state index contributed by atoms with van der Waals surface area (Å²) in [5, 5.41) is 3.87. The number of hydrogen-bond donors (Lipinski definition) is 2. The van der Waals surface area contributed by atoms with Gasteiger partial charge in [-0.2, -0.15) is 0 Å². The molecular formula is C23H36Cl3N3O6. The summed E-state index contributed by atoms with van der Waals surface area (Å²) < 4.78 is 8.76. The van der Waals surface area contributed by atoms with Gasteiger partial charge in [-0.05, 0) is 38.5 Å². The standard InChI is InChI=1S/C23H36Cl3N3O6/c1-7-9-14(4)15(5)21(32)35-18(13(2)3)19(30)27-16(6)20(31)29-11-8-10-17(28-29)22(33)34-12-23(24,25)26/h7,9,13-18,28H,8,10-12H2,1-6H3,(H,27,30)/b9-7+/t14?,15?,16-,17-,18-/m0/s1. The number of amides is 2. The molecule has 1 rings (SSSR count). The average molecular weight is 557 g/mol. The van der Waals surface area contributed by atoms with Crippen LogP contribution in [0.1, 0.15) is 54.4 Å². The molecular weight excluding hydrogens is 521 g/mol. The van der Waals surface area contributed by atoms with Crippen molar-refractivity contribution in [1.82, 2.24) is 15.8 Å². The first kappa shape index (κ1) is 31.5. The molecule has 1 fully saturated rings. The van der Waals surface area contributed by atoms with Crippen molar-refractivity contribution in [1.29, 1.82) is 0 Å². The van der Waals surface area contributed by atoms with Crippen LogP contribution in [0.15, 0.2) is 12.2 Å². The summed E-state index contributed by atoms with van der Waals surface area (Å²) in [6, 6.07) is -1.74. The number of hydrazine groups is 1. The molecule has 1 heterocycles. The molecule has 2 unspecified atom stereocenters. The summed E-state index contributed by atoms with van der Waals surface area (Å²) in [5.41, 5.74) is 2.80. The molecule has 0 saturated carbocycles. The van der Waals surface area contributed by atoms with E-state index >= 15 is 0 Å². The van der Waals surface area contributed by atoms with Crippen LogP contribution in [-0.2, 0) is 28.7 Å². The van der Waals surface area contributed by atoms with Gasteiger partial charge in [0.05, 0.1) is 5.92 Å². The third-order valence-corrected chi connectivity index (χ3v) is 5.93. The quantitative estimate of drug-likeness (QED) is 0.241. The number of allylic oxidation sites excluding steroid dienone is 2. The van der Waals surface area contributed by atoms with E-state index in [2.05, 4.69) is 10.7 Å². The first-order chi connectivity index (χ1) is 16.2. The third-order valence-electron chi connectivity index (χ3n) is 5.61. The molecule has 1 aliphatic heterocycles. The highest BCUT2D eigenvalue weighted by molar-refractivity contribution is 6.67. The molecule has 200 valence electrons. The van der Waals surface area contributed by atoms with E-state index in [0.29, 0.717) is 19.4 Å². The maximum atomic E-state index is 12.9. The van der Waals surface area contributed by atoms with Crippen LogP contribution >= 0.6 is 34.8 Å². The van der Waals surface area contributed by atoms with Gasteiger partial charge in [0.2, 0.25) is 3.79 Å². The molecule has 5 atom stereocenters. The Hall–Kier alpha value is -1.55. The minimum Gasteiger partial charge on any atom is -0.460 e. The first-order valence-electron chi connectivity index (χ1n) is 11.6. The molecule has 0 spiro atoms. The number of carbonyl (C=O) groups excluding carboxylic acids is 4. The lowest BCUT2D eigenvalue weighted by molar-refractivity contribution is -0.163. The number of halogens is 3. The monoisotopic (exact) mass is 555 g/mol. The van der Waals surface area contributed by atoms with Crippen molar-refractivity contribution in [3.8, 4) is 0 Å². The second-order valence-corrected chi connectivity index (χ2v) is 11.6. The highest BCUT2D eigenvalue weighted by Gasteiger charge is 2.35. The van der Waals surface area contributed by atoms with Gasteiger partial charge < -0.3 is 14.8 Å². The Bertz CT molecular complexity index is 787. The number of ether oxygens (including phenoxy) is 2. The van der Waals surface area contributed by atoms with Crippen LogP contribution in [0.3, 0.4) is 0 Å². The molecule has 1 aliphatic rings. The van der Waals surface area contributed by atoms with Crippen LogP contribution in [0.5, 0.6) is 0 Å². The predicted molar refractivity (Wildman–Crippen MR) is 135 cm³/mol. The largest absolute Gasteiger partial charge is 0.460 e. The van der Waals surface area contributed by atoms with Crippen molar-refractivity contribution in [2.24, 2.45) is 17.8 Å². The fraction of sp³-hybridized carbons (Fsp3) is 0.739. The SMILES string of the molecule is C/C=C/C(C)C(C)C(=O)O[C@H](C(=O)N[C@@H](C)C(=O)N1CCC[C@@H](C(=O)OCC(Cl)(Cl)Cl)N1)C(C)C. The molecule has 0 bridgehead atoms. The zero-order valence-corrected chi connectivity index (χ0v) is 23.2. The average Bonchev–Trinajstić information content (AvgIpc) is 2.79. The number of alkyl halides is 3. The van der Waals surface area contributed by atoms with Gasteiger partial charge in [0.25, 0.3) is 11.8 Å². The predicted octanol–water partition coefficient (Wildman–Crippen LogP) is 3.32. The Kier molecular flexibility index (Phi) is 12.8.